The summed E-state index contributed by atoms with van der Waals surface area (Å²) in [4.78, 5) is 30.8. The predicted octanol–water partition coefficient (Wildman–Crippen LogP) is 4.40. The van der Waals surface area contributed by atoms with Crippen LogP contribution < -0.4 is 10.0 Å². The number of benzene rings is 2. The summed E-state index contributed by atoms with van der Waals surface area (Å²) in [6.45, 7) is 3.92. The molecule has 0 spiro atoms. The molecule has 0 radical (unpaired) electrons. The highest BCUT2D eigenvalue weighted by atomic mass is 35.5. The lowest BCUT2D eigenvalue weighted by molar-refractivity contribution is -0.125. The summed E-state index contributed by atoms with van der Waals surface area (Å²) in [6, 6.07) is 5.43. The van der Waals surface area contributed by atoms with Gasteiger partial charge in [-0.2, -0.15) is 0 Å². The van der Waals surface area contributed by atoms with Gasteiger partial charge in [0, 0.05) is 32.1 Å². The minimum Gasteiger partial charge on any atom is -0.332 e. The maximum atomic E-state index is 15.4. The van der Waals surface area contributed by atoms with Crippen LogP contribution in [-0.2, 0) is 17.4 Å². The van der Waals surface area contributed by atoms with E-state index in [0.717, 1.165) is 0 Å². The Bertz CT molecular complexity index is 1410. The summed E-state index contributed by atoms with van der Waals surface area (Å²) in [7, 11) is 5.05. The highest BCUT2D eigenvalue weighted by molar-refractivity contribution is 6.42. The van der Waals surface area contributed by atoms with Crippen LogP contribution in [0.15, 0.2) is 48.0 Å². The number of likely N-dealkylation sites (N-methyl/N-ethyl adjacent to an activating group) is 1. The first-order valence-corrected chi connectivity index (χ1v) is 11.2. The maximum absolute atomic E-state index is 15.4. The summed E-state index contributed by atoms with van der Waals surface area (Å²) in [5, 5.41) is 0.282. The van der Waals surface area contributed by atoms with E-state index in [2.05, 4.69) is 11.6 Å². The Morgan fingerprint density at radius 3 is 2.62 bits per heavy atom. The Labute approximate surface area is 205 Å². The van der Waals surface area contributed by atoms with Gasteiger partial charge in [0.2, 0.25) is 5.91 Å². The van der Waals surface area contributed by atoms with Crippen molar-refractivity contribution in [3.8, 4) is 0 Å². The van der Waals surface area contributed by atoms with Crippen LogP contribution in [0.1, 0.15) is 12.0 Å². The molecule has 178 valence electrons. The van der Waals surface area contributed by atoms with Crippen LogP contribution in [0.5, 0.6) is 0 Å². The van der Waals surface area contributed by atoms with E-state index in [-0.39, 0.29) is 43.4 Å². The third-order valence-electron chi connectivity index (χ3n) is 6.92. The first-order valence-electron chi connectivity index (χ1n) is 10.5. The first-order chi connectivity index (χ1) is 15.9. The summed E-state index contributed by atoms with van der Waals surface area (Å²) < 4.78 is 31.7. The second kappa shape index (κ2) is 8.45. The van der Waals surface area contributed by atoms with E-state index in [1.165, 1.54) is 42.2 Å². The van der Waals surface area contributed by atoms with E-state index >= 15 is 8.78 Å². The van der Waals surface area contributed by atoms with Crippen molar-refractivity contribution in [1.29, 1.82) is 0 Å². The summed E-state index contributed by atoms with van der Waals surface area (Å²) in [5.41, 5.74) is -1.09. The van der Waals surface area contributed by atoms with Gasteiger partial charge in [0.05, 0.1) is 48.0 Å². The molecule has 4 rings (SSSR count). The van der Waals surface area contributed by atoms with Gasteiger partial charge in [0.25, 0.3) is 5.56 Å². The van der Waals surface area contributed by atoms with Gasteiger partial charge in [0.1, 0.15) is 17.0 Å². The number of likely N-dealkylation sites (tertiary alicyclic amines) is 1. The van der Waals surface area contributed by atoms with E-state index in [4.69, 9.17) is 23.2 Å². The average Bonchev–Trinajstić information content (AvgIpc) is 3.25. The van der Waals surface area contributed by atoms with Crippen molar-refractivity contribution in [2.75, 3.05) is 27.2 Å². The molecule has 1 aliphatic rings. The van der Waals surface area contributed by atoms with Crippen LogP contribution in [0.4, 0.5) is 14.5 Å². The van der Waals surface area contributed by atoms with Crippen LogP contribution >= 0.6 is 23.2 Å². The number of carbonyl (C=O) groups excluding carboxylic acids is 1. The lowest BCUT2D eigenvalue weighted by Gasteiger charge is -2.46. The Balaban J connectivity index is 2.02. The van der Waals surface area contributed by atoms with Gasteiger partial charge in [-0.25, -0.2) is 13.8 Å². The lowest BCUT2D eigenvalue weighted by atomic mass is 9.84. The molecule has 0 N–H and O–H groups in total. The number of hydrogen-bond acceptors (Lipinski definition) is 3. The second-order valence-corrected chi connectivity index (χ2v) is 9.69. The van der Waals surface area contributed by atoms with Crippen molar-refractivity contribution in [3.05, 3.63) is 80.8 Å². The monoisotopic (exact) mass is 507 g/mol. The number of fused-ring (bicyclic) bond motifs is 1. The summed E-state index contributed by atoms with van der Waals surface area (Å²) in [6.07, 6.45) is 2.75. The predicted molar refractivity (Wildman–Crippen MR) is 130 cm³/mol. The largest absolute Gasteiger partial charge is 0.332 e. The number of aromatic nitrogens is 2. The summed E-state index contributed by atoms with van der Waals surface area (Å²) in [5.74, 6) is -1.59. The third-order valence-corrected chi connectivity index (χ3v) is 7.72. The van der Waals surface area contributed by atoms with Crippen molar-refractivity contribution < 1.29 is 13.6 Å². The molecule has 2 aromatic carbocycles. The van der Waals surface area contributed by atoms with Gasteiger partial charge in [-0.3, -0.25) is 14.1 Å². The maximum Gasteiger partial charge on any atom is 0.261 e. The van der Waals surface area contributed by atoms with E-state index in [1.54, 1.807) is 25.1 Å². The molecule has 6 nitrogen and oxygen atoms in total. The molecule has 1 unspecified atom stereocenters. The standard InChI is InChI=1S/C24H23Cl2F2N4O2/c1-5-19(33)31-9-8-24(12-31,20-17(27)7-6-16(25)21(20)26)32(3,4)14-10-15-22(18(28)11-14)29-13-30(2)23(15)34/h5-7,10-11,13H,1,8-9,12H2,2-4H3/q+1. The Morgan fingerprint density at radius 1 is 1.24 bits per heavy atom. The van der Waals surface area contributed by atoms with Crippen molar-refractivity contribution in [3.63, 3.8) is 0 Å². The smallest absolute Gasteiger partial charge is 0.261 e. The normalized spacial score (nSPS) is 18.5. The molecule has 2 heterocycles. The Hall–Kier alpha value is -2.81. The number of aryl methyl sites for hydroxylation is 1. The Kier molecular flexibility index (Phi) is 6.04. The van der Waals surface area contributed by atoms with Crippen LogP contribution in [0.2, 0.25) is 10.0 Å². The molecule has 1 amide bonds. The van der Waals surface area contributed by atoms with E-state index in [1.807, 2.05) is 0 Å². The van der Waals surface area contributed by atoms with Crippen molar-refractivity contribution in [2.24, 2.45) is 7.05 Å². The van der Waals surface area contributed by atoms with E-state index < -0.39 is 22.7 Å². The number of nitrogens with zero attached hydrogens (tertiary/aromatic N) is 4. The molecular weight excluding hydrogens is 485 g/mol. The van der Waals surface area contributed by atoms with Crippen molar-refractivity contribution >= 4 is 45.7 Å². The Morgan fingerprint density at radius 2 is 1.94 bits per heavy atom. The van der Waals surface area contributed by atoms with Crippen molar-refractivity contribution in [2.45, 2.75) is 12.0 Å². The molecule has 0 aliphatic carbocycles. The number of quaternary nitrogens is 1. The van der Waals surface area contributed by atoms with Gasteiger partial charge in [-0.05, 0) is 18.2 Å². The number of amides is 1. The van der Waals surface area contributed by atoms with Gasteiger partial charge < -0.3 is 9.47 Å². The third kappa shape index (κ3) is 3.52. The topological polar surface area (TPSA) is 55.2 Å². The fourth-order valence-electron chi connectivity index (χ4n) is 4.84. The molecule has 1 aliphatic heterocycles. The van der Waals surface area contributed by atoms with Crippen LogP contribution in [0.25, 0.3) is 10.9 Å². The minimum absolute atomic E-state index is 0.0274. The van der Waals surface area contributed by atoms with Gasteiger partial charge in [-0.15, -0.1) is 0 Å². The fourth-order valence-corrected chi connectivity index (χ4v) is 5.33. The second-order valence-electron chi connectivity index (χ2n) is 8.90. The highest BCUT2D eigenvalue weighted by Gasteiger charge is 2.56. The number of halogens is 4. The van der Waals surface area contributed by atoms with Crippen LogP contribution in [-0.4, -0.2) is 47.5 Å². The van der Waals surface area contributed by atoms with E-state index in [9.17, 15) is 9.59 Å². The molecule has 1 aromatic heterocycles. The zero-order chi connectivity index (χ0) is 25.0. The number of carbonyl (C=O) groups is 1. The number of rotatable bonds is 4. The molecule has 1 fully saturated rings. The lowest BCUT2D eigenvalue weighted by Crippen LogP contribution is -2.60. The van der Waals surface area contributed by atoms with E-state index in [0.29, 0.717) is 18.7 Å². The van der Waals surface area contributed by atoms with Crippen LogP contribution in [0.3, 0.4) is 0 Å². The zero-order valence-electron chi connectivity index (χ0n) is 18.9. The SMILES string of the molecule is C=CC(=O)N1CCC(c2c(F)ccc(Cl)c2Cl)([N+](C)(C)c2cc(F)c3ncn(C)c(=O)c3c2)C1. The first kappa shape index (κ1) is 24.3. The molecule has 3 aromatic rings. The fraction of sp³-hybridized carbons (Fsp3) is 0.292. The number of hydrogen-bond donors (Lipinski definition) is 0. The molecule has 1 saturated heterocycles. The van der Waals surface area contributed by atoms with Crippen LogP contribution in [0, 0.1) is 11.6 Å². The molecule has 0 bridgehead atoms. The van der Waals surface area contributed by atoms with Gasteiger partial charge >= 0.3 is 0 Å². The zero-order valence-corrected chi connectivity index (χ0v) is 20.4. The molecule has 10 heteroatoms. The van der Waals surface area contributed by atoms with Gasteiger partial charge in [0.15, 0.2) is 11.4 Å². The summed E-state index contributed by atoms with van der Waals surface area (Å²) >= 11 is 12.8. The van der Waals surface area contributed by atoms with Gasteiger partial charge in [-0.1, -0.05) is 29.8 Å². The van der Waals surface area contributed by atoms with Crippen molar-refractivity contribution in [1.82, 2.24) is 18.9 Å². The quantitative estimate of drug-likeness (QED) is 0.298. The minimum atomic E-state index is -1.14. The molecule has 34 heavy (non-hydrogen) atoms. The average molecular weight is 508 g/mol. The molecular formula is C24H23Cl2F2N4O2+. The molecule has 1 atom stereocenters. The highest BCUT2D eigenvalue weighted by Crippen LogP contribution is 2.49. The molecule has 0 saturated carbocycles.